The Balaban J connectivity index is 2.59. The van der Waals surface area contributed by atoms with E-state index in [9.17, 15) is 4.79 Å². The van der Waals surface area contributed by atoms with Crippen molar-refractivity contribution in [2.75, 3.05) is 0 Å². The van der Waals surface area contributed by atoms with Gasteiger partial charge < -0.3 is 0 Å². The Hall–Kier alpha value is 0.0300. The first-order chi connectivity index (χ1) is 7.61. The van der Waals surface area contributed by atoms with Gasteiger partial charge in [-0.05, 0) is 24.3 Å². The van der Waals surface area contributed by atoms with E-state index < -0.39 is 0 Å². The first-order valence-electron chi connectivity index (χ1n) is 4.31. The molecule has 2 aromatic rings. The van der Waals surface area contributed by atoms with Gasteiger partial charge >= 0.3 is 0 Å². The van der Waals surface area contributed by atoms with E-state index in [1.54, 1.807) is 0 Å². The predicted octanol–water partition coefficient (Wildman–Crippen LogP) is 5.52. The van der Waals surface area contributed by atoms with Crippen LogP contribution in [0.5, 0.6) is 0 Å². The molecule has 16 heavy (non-hydrogen) atoms. The van der Waals surface area contributed by atoms with E-state index in [4.69, 9.17) is 0 Å². The number of rotatable bonds is 2. The highest BCUT2D eigenvalue weighted by Crippen LogP contribution is 2.40. The number of carbonyl (C=O) groups is 1. The third-order valence-electron chi connectivity index (χ3n) is 2.00. The number of aldehydes is 1. The molecule has 0 spiro atoms. The fourth-order valence-corrected chi connectivity index (χ4v) is 5.17. The Morgan fingerprint density at radius 3 is 2.19 bits per heavy atom. The van der Waals surface area contributed by atoms with Crippen molar-refractivity contribution in [3.05, 3.63) is 42.6 Å². The van der Waals surface area contributed by atoms with Crippen molar-refractivity contribution in [1.29, 1.82) is 0 Å². The third-order valence-corrected chi connectivity index (χ3v) is 4.73. The van der Waals surface area contributed by atoms with Crippen LogP contribution in [0.4, 0.5) is 0 Å². The first kappa shape index (κ1) is 12.5. The van der Waals surface area contributed by atoms with Crippen LogP contribution in [0.25, 0.3) is 10.4 Å². The number of benzene rings is 1. The molecule has 0 atom stereocenters. The largest absolute Gasteiger partial charge is 0.297 e. The molecule has 0 unspecified atom stereocenters. The molecule has 0 N–H and O–H groups in total. The van der Waals surface area contributed by atoms with Crippen LogP contribution in [0.2, 0.25) is 0 Å². The van der Waals surface area contributed by atoms with E-state index in [1.165, 1.54) is 11.3 Å². The fourth-order valence-electron chi connectivity index (χ4n) is 1.33. The van der Waals surface area contributed by atoms with Gasteiger partial charge in [0.25, 0.3) is 0 Å². The van der Waals surface area contributed by atoms with Gasteiger partial charge in [-0.3, -0.25) is 4.79 Å². The van der Waals surface area contributed by atoms with E-state index in [0.29, 0.717) is 0 Å². The summed E-state index contributed by atoms with van der Waals surface area (Å²) in [6, 6.07) is 7.75. The van der Waals surface area contributed by atoms with Crippen LogP contribution in [-0.4, -0.2) is 6.29 Å². The summed E-state index contributed by atoms with van der Waals surface area (Å²) < 4.78 is 2.99. The predicted molar refractivity (Wildman–Crippen MR) is 78.2 cm³/mol. The van der Waals surface area contributed by atoms with Crippen LogP contribution in [0, 0.1) is 0 Å². The van der Waals surface area contributed by atoms with Crippen LogP contribution in [0.15, 0.2) is 37.7 Å². The topological polar surface area (TPSA) is 17.1 Å². The van der Waals surface area contributed by atoms with Gasteiger partial charge in [-0.15, -0.1) is 11.3 Å². The van der Waals surface area contributed by atoms with Crippen molar-refractivity contribution >= 4 is 65.4 Å². The van der Waals surface area contributed by atoms with Crippen molar-refractivity contribution in [2.24, 2.45) is 0 Å². The lowest BCUT2D eigenvalue weighted by atomic mass is 10.2. The Kier molecular flexibility index (Phi) is 4.00. The number of thiophene rings is 1. The third kappa shape index (κ3) is 2.47. The second-order valence-electron chi connectivity index (χ2n) is 3.06. The van der Waals surface area contributed by atoms with E-state index in [1.807, 2.05) is 24.3 Å². The number of hydrogen-bond donors (Lipinski definition) is 0. The van der Waals surface area contributed by atoms with Gasteiger partial charge in [-0.1, -0.05) is 47.8 Å². The minimum absolute atomic E-state index is 0.733. The molecule has 0 aliphatic carbocycles. The number of halogens is 3. The molecule has 0 amide bonds. The standard InChI is InChI=1S/C11H5Br3OS/c12-6-3-8(13)11(9(14)4-6)10-2-1-7(5-15)16-10/h1-5H. The molecule has 0 bridgehead atoms. The van der Waals surface area contributed by atoms with Crippen LogP contribution in [0.3, 0.4) is 0 Å². The van der Waals surface area contributed by atoms with Gasteiger partial charge in [0.2, 0.25) is 0 Å². The van der Waals surface area contributed by atoms with E-state index in [-0.39, 0.29) is 0 Å². The van der Waals surface area contributed by atoms with Crippen LogP contribution >= 0.6 is 59.1 Å². The van der Waals surface area contributed by atoms with Crippen molar-refractivity contribution in [3.8, 4) is 10.4 Å². The summed E-state index contributed by atoms with van der Waals surface area (Å²) >= 11 is 12.0. The maximum atomic E-state index is 10.7. The first-order valence-corrected chi connectivity index (χ1v) is 7.51. The van der Waals surface area contributed by atoms with Gasteiger partial charge in [-0.2, -0.15) is 0 Å². The molecule has 0 radical (unpaired) electrons. The highest BCUT2D eigenvalue weighted by atomic mass is 79.9. The maximum absolute atomic E-state index is 10.7. The smallest absolute Gasteiger partial charge is 0.160 e. The average Bonchev–Trinajstić information content (AvgIpc) is 2.64. The van der Waals surface area contributed by atoms with Crippen LogP contribution in [-0.2, 0) is 0 Å². The van der Waals surface area contributed by atoms with Crippen LogP contribution in [0.1, 0.15) is 9.67 Å². The molecule has 0 saturated carbocycles. The molecule has 2 rings (SSSR count). The summed E-state index contributed by atoms with van der Waals surface area (Å²) in [5.74, 6) is 0. The molecule has 1 aromatic carbocycles. The molecule has 0 saturated heterocycles. The SMILES string of the molecule is O=Cc1ccc(-c2c(Br)cc(Br)cc2Br)s1. The fraction of sp³-hybridized carbons (Fsp3) is 0. The monoisotopic (exact) mass is 422 g/mol. The Morgan fingerprint density at radius 1 is 1.06 bits per heavy atom. The summed E-state index contributed by atoms with van der Waals surface area (Å²) in [7, 11) is 0. The summed E-state index contributed by atoms with van der Waals surface area (Å²) in [6.07, 6.45) is 0.870. The minimum atomic E-state index is 0.733. The summed E-state index contributed by atoms with van der Waals surface area (Å²) in [5, 5.41) is 0. The van der Waals surface area contributed by atoms with Crippen molar-refractivity contribution in [2.45, 2.75) is 0 Å². The summed E-state index contributed by atoms with van der Waals surface area (Å²) in [6.45, 7) is 0. The summed E-state index contributed by atoms with van der Waals surface area (Å²) in [5.41, 5.74) is 1.07. The number of hydrogen-bond acceptors (Lipinski definition) is 2. The molecule has 82 valence electrons. The van der Waals surface area contributed by atoms with Crippen molar-refractivity contribution < 1.29 is 4.79 Å². The quantitative estimate of drug-likeness (QED) is 0.580. The van der Waals surface area contributed by atoms with Crippen LogP contribution < -0.4 is 0 Å². The lowest BCUT2D eigenvalue weighted by Crippen LogP contribution is -1.79. The summed E-state index contributed by atoms with van der Waals surface area (Å²) in [4.78, 5) is 12.5. The Labute approximate surface area is 122 Å². The zero-order chi connectivity index (χ0) is 11.7. The van der Waals surface area contributed by atoms with E-state index in [0.717, 1.165) is 35.0 Å². The lowest BCUT2D eigenvalue weighted by Gasteiger charge is -2.05. The van der Waals surface area contributed by atoms with Crippen molar-refractivity contribution in [3.63, 3.8) is 0 Å². The molecule has 0 aliphatic rings. The number of carbonyl (C=O) groups excluding carboxylic acids is 1. The molecule has 1 nitrogen and oxygen atoms in total. The molecular weight excluding hydrogens is 420 g/mol. The molecule has 0 fully saturated rings. The molecule has 1 aromatic heterocycles. The zero-order valence-electron chi connectivity index (χ0n) is 7.84. The zero-order valence-corrected chi connectivity index (χ0v) is 13.4. The van der Waals surface area contributed by atoms with Gasteiger partial charge in [0.15, 0.2) is 6.29 Å². The van der Waals surface area contributed by atoms with Gasteiger partial charge in [0.1, 0.15) is 0 Å². The molecule has 0 aliphatic heterocycles. The molecule has 1 heterocycles. The van der Waals surface area contributed by atoms with Gasteiger partial charge in [0.05, 0.1) is 4.88 Å². The van der Waals surface area contributed by atoms with Crippen molar-refractivity contribution in [1.82, 2.24) is 0 Å². The lowest BCUT2D eigenvalue weighted by molar-refractivity contribution is 0.112. The second-order valence-corrected chi connectivity index (χ2v) is 6.80. The molecule has 5 heteroatoms. The second kappa shape index (κ2) is 5.12. The Morgan fingerprint density at radius 2 is 1.69 bits per heavy atom. The average molecular weight is 425 g/mol. The van der Waals surface area contributed by atoms with Gasteiger partial charge in [0, 0.05) is 23.9 Å². The highest BCUT2D eigenvalue weighted by molar-refractivity contribution is 9.11. The Bertz CT molecular complexity index is 525. The maximum Gasteiger partial charge on any atom is 0.160 e. The minimum Gasteiger partial charge on any atom is -0.297 e. The highest BCUT2D eigenvalue weighted by Gasteiger charge is 2.11. The van der Waals surface area contributed by atoms with E-state index in [2.05, 4.69) is 47.8 Å². The normalized spacial score (nSPS) is 10.4. The molecular formula is C11H5Br3OS. The van der Waals surface area contributed by atoms with Gasteiger partial charge in [-0.25, -0.2) is 0 Å². The van der Waals surface area contributed by atoms with E-state index >= 15 is 0 Å².